The second-order valence-electron chi connectivity index (χ2n) is 10.6. The molecule has 0 radical (unpaired) electrons. The van der Waals surface area contributed by atoms with Crippen LogP contribution in [0.2, 0.25) is 0 Å². The fraction of sp³-hybridized carbons (Fsp3) is 0.448. The largest absolute Gasteiger partial charge is 0.481 e. The van der Waals surface area contributed by atoms with Gasteiger partial charge in [-0.1, -0.05) is 18.9 Å². The molecule has 7 nitrogen and oxygen atoms in total. The SMILES string of the molecule is Cc1cc(Nc2nccc(C(F)(F)F)n2)cc(-c2ccc(N3CCC([C@@H]4CCCC[C@H]4C(=O)O)CC3)nc2)c1. The summed E-state index contributed by atoms with van der Waals surface area (Å²) in [4.78, 5) is 26.2. The first-order valence-electron chi connectivity index (χ1n) is 13.4. The van der Waals surface area contributed by atoms with Crippen molar-refractivity contribution in [3.05, 3.63) is 60.0 Å². The molecule has 1 aliphatic carbocycles. The average molecular weight is 540 g/mol. The Morgan fingerprint density at radius 1 is 1.00 bits per heavy atom. The van der Waals surface area contributed by atoms with Crippen molar-refractivity contribution in [2.45, 2.75) is 51.6 Å². The first kappa shape index (κ1) is 26.9. The van der Waals surface area contributed by atoms with Gasteiger partial charge in [-0.3, -0.25) is 4.79 Å². The topological polar surface area (TPSA) is 91.2 Å². The lowest BCUT2D eigenvalue weighted by atomic mass is 9.69. The van der Waals surface area contributed by atoms with Gasteiger partial charge in [-0.2, -0.15) is 13.2 Å². The molecule has 206 valence electrons. The number of anilines is 3. The molecule has 2 fully saturated rings. The number of carbonyl (C=O) groups is 1. The quantitative estimate of drug-likeness (QED) is 0.359. The highest BCUT2D eigenvalue weighted by Crippen LogP contribution is 2.40. The number of hydrogen-bond donors (Lipinski definition) is 2. The van der Waals surface area contributed by atoms with Crippen molar-refractivity contribution in [1.29, 1.82) is 0 Å². The predicted molar refractivity (Wildman–Crippen MR) is 143 cm³/mol. The Morgan fingerprint density at radius 2 is 1.77 bits per heavy atom. The lowest BCUT2D eigenvalue weighted by molar-refractivity contribution is -0.146. The van der Waals surface area contributed by atoms with E-state index >= 15 is 0 Å². The first-order chi connectivity index (χ1) is 18.7. The Morgan fingerprint density at radius 3 is 2.46 bits per heavy atom. The summed E-state index contributed by atoms with van der Waals surface area (Å²) in [5.41, 5.74) is 2.27. The van der Waals surface area contributed by atoms with Crippen molar-refractivity contribution in [3.8, 4) is 11.1 Å². The summed E-state index contributed by atoms with van der Waals surface area (Å²) in [6.45, 7) is 3.62. The van der Waals surface area contributed by atoms with E-state index < -0.39 is 17.8 Å². The number of pyridine rings is 1. The van der Waals surface area contributed by atoms with E-state index in [0.717, 1.165) is 86.4 Å². The van der Waals surface area contributed by atoms with Crippen LogP contribution in [0.3, 0.4) is 0 Å². The number of carboxylic acid groups (broad SMARTS) is 1. The summed E-state index contributed by atoms with van der Waals surface area (Å²) < 4.78 is 39.1. The van der Waals surface area contributed by atoms with Crippen molar-refractivity contribution in [2.75, 3.05) is 23.3 Å². The second kappa shape index (κ2) is 11.2. The molecule has 3 heterocycles. The van der Waals surface area contributed by atoms with Gasteiger partial charge >= 0.3 is 12.1 Å². The summed E-state index contributed by atoms with van der Waals surface area (Å²) in [7, 11) is 0. The monoisotopic (exact) mass is 539 g/mol. The zero-order valence-electron chi connectivity index (χ0n) is 21.8. The molecule has 1 saturated heterocycles. The number of halogens is 3. The van der Waals surface area contributed by atoms with E-state index in [9.17, 15) is 23.1 Å². The summed E-state index contributed by atoms with van der Waals surface area (Å²) >= 11 is 0. The predicted octanol–water partition coefficient (Wildman–Crippen LogP) is 6.72. The van der Waals surface area contributed by atoms with Gasteiger partial charge in [0, 0.05) is 36.7 Å². The van der Waals surface area contributed by atoms with Gasteiger partial charge in [0.25, 0.3) is 0 Å². The van der Waals surface area contributed by atoms with Gasteiger partial charge in [0.2, 0.25) is 5.95 Å². The van der Waals surface area contributed by atoms with Crippen molar-refractivity contribution < 1.29 is 23.1 Å². The molecule has 2 atom stereocenters. The van der Waals surface area contributed by atoms with Crippen LogP contribution in [0.4, 0.5) is 30.6 Å². The zero-order chi connectivity index (χ0) is 27.6. The Kier molecular flexibility index (Phi) is 7.72. The van der Waals surface area contributed by atoms with Gasteiger partial charge in [0.1, 0.15) is 11.5 Å². The van der Waals surface area contributed by atoms with Gasteiger partial charge in [-0.15, -0.1) is 0 Å². The van der Waals surface area contributed by atoms with E-state index in [2.05, 4.69) is 20.2 Å². The molecule has 1 saturated carbocycles. The number of aryl methyl sites for hydroxylation is 1. The van der Waals surface area contributed by atoms with Crippen LogP contribution in [0.5, 0.6) is 0 Å². The van der Waals surface area contributed by atoms with Crippen LogP contribution in [0.15, 0.2) is 48.8 Å². The molecule has 3 aromatic rings. The molecular formula is C29H32F3N5O2. The molecule has 1 aliphatic heterocycles. The highest BCUT2D eigenvalue weighted by atomic mass is 19.4. The van der Waals surface area contributed by atoms with Crippen molar-refractivity contribution in [2.24, 2.45) is 17.8 Å². The third-order valence-electron chi connectivity index (χ3n) is 7.97. The van der Waals surface area contributed by atoms with Gasteiger partial charge in [0.15, 0.2) is 0 Å². The molecule has 39 heavy (non-hydrogen) atoms. The number of rotatable bonds is 6. The number of alkyl halides is 3. The average Bonchev–Trinajstić information content (AvgIpc) is 2.92. The van der Waals surface area contributed by atoms with Crippen LogP contribution < -0.4 is 10.2 Å². The summed E-state index contributed by atoms with van der Waals surface area (Å²) in [5, 5.41) is 12.5. The van der Waals surface area contributed by atoms with Crippen molar-refractivity contribution in [1.82, 2.24) is 15.0 Å². The number of hydrogen-bond acceptors (Lipinski definition) is 6. The van der Waals surface area contributed by atoms with Gasteiger partial charge in [0.05, 0.1) is 5.92 Å². The molecule has 5 rings (SSSR count). The summed E-state index contributed by atoms with van der Waals surface area (Å²) in [6, 6.07) is 10.5. The molecule has 0 bridgehead atoms. The van der Waals surface area contributed by atoms with Crippen LogP contribution in [0.25, 0.3) is 11.1 Å². The molecule has 0 amide bonds. The fourth-order valence-corrected chi connectivity index (χ4v) is 6.06. The Labute approximate surface area is 225 Å². The second-order valence-corrected chi connectivity index (χ2v) is 10.6. The maximum absolute atomic E-state index is 13.0. The standard InChI is InChI=1S/C29H32F3N5O2/c1-18-14-21(16-22(15-18)35-28-33-11-8-25(36-28)29(30,31)32)20-6-7-26(34-17-20)37-12-9-19(10-13-37)23-4-2-3-5-24(23)27(38)39/h6-8,11,14-17,19,23-24H,2-5,9-10,12-13H2,1H3,(H,38,39)(H,33,35,36)/t23-,24+/m0/s1. The summed E-state index contributed by atoms with van der Waals surface area (Å²) in [5.74, 6) is 0.637. The molecule has 0 spiro atoms. The maximum Gasteiger partial charge on any atom is 0.433 e. The van der Waals surface area contributed by atoms with Crippen LogP contribution in [-0.4, -0.2) is 39.1 Å². The number of piperidine rings is 1. The molecular weight excluding hydrogens is 507 g/mol. The smallest absolute Gasteiger partial charge is 0.433 e. The molecule has 2 aliphatic rings. The third kappa shape index (κ3) is 6.32. The Hall–Kier alpha value is -3.69. The molecule has 10 heteroatoms. The van der Waals surface area contributed by atoms with Gasteiger partial charge in [-0.05, 0) is 85.9 Å². The fourth-order valence-electron chi connectivity index (χ4n) is 6.06. The number of nitrogens with zero attached hydrogens (tertiary/aromatic N) is 4. The van der Waals surface area contributed by atoms with E-state index in [0.29, 0.717) is 11.6 Å². The Balaban J connectivity index is 1.25. The lowest BCUT2D eigenvalue weighted by Crippen LogP contribution is -2.40. The maximum atomic E-state index is 13.0. The molecule has 2 aromatic heterocycles. The molecule has 2 N–H and O–H groups in total. The van der Waals surface area contributed by atoms with Crippen molar-refractivity contribution >= 4 is 23.4 Å². The van der Waals surface area contributed by atoms with E-state index in [1.54, 1.807) is 0 Å². The minimum Gasteiger partial charge on any atom is -0.481 e. The lowest BCUT2D eigenvalue weighted by Gasteiger charge is -2.40. The number of aliphatic carboxylic acids is 1. The van der Waals surface area contributed by atoms with E-state index in [1.165, 1.54) is 0 Å². The van der Waals surface area contributed by atoms with Gasteiger partial charge < -0.3 is 15.3 Å². The van der Waals surface area contributed by atoms with Crippen LogP contribution in [0, 0.1) is 24.7 Å². The highest BCUT2D eigenvalue weighted by molar-refractivity contribution is 5.71. The zero-order valence-corrected chi connectivity index (χ0v) is 21.8. The Bertz CT molecular complexity index is 1310. The van der Waals surface area contributed by atoms with Crippen molar-refractivity contribution in [3.63, 3.8) is 0 Å². The number of benzene rings is 1. The summed E-state index contributed by atoms with van der Waals surface area (Å²) in [6.07, 6.45) is 4.25. The third-order valence-corrected chi connectivity index (χ3v) is 7.97. The van der Waals surface area contributed by atoms with E-state index in [-0.39, 0.29) is 17.8 Å². The first-order valence-corrected chi connectivity index (χ1v) is 13.4. The van der Waals surface area contributed by atoms with Crippen LogP contribution in [0.1, 0.15) is 49.8 Å². The minimum absolute atomic E-state index is 0.124. The van der Waals surface area contributed by atoms with E-state index in [4.69, 9.17) is 4.98 Å². The van der Waals surface area contributed by atoms with Crippen LogP contribution in [-0.2, 0) is 11.0 Å². The highest BCUT2D eigenvalue weighted by Gasteiger charge is 2.37. The minimum atomic E-state index is -4.55. The number of nitrogens with one attached hydrogen (secondary N) is 1. The molecule has 1 aromatic carbocycles. The normalized spacial score (nSPS) is 20.6. The van der Waals surface area contributed by atoms with E-state index in [1.807, 2.05) is 43.5 Å². The van der Waals surface area contributed by atoms with Gasteiger partial charge in [-0.25, -0.2) is 15.0 Å². The molecule has 0 unspecified atom stereocenters. The number of aromatic nitrogens is 3. The number of carboxylic acids is 1. The van der Waals surface area contributed by atoms with Crippen LogP contribution >= 0.6 is 0 Å².